The first-order chi connectivity index (χ1) is 13.6. The van der Waals surface area contributed by atoms with E-state index in [2.05, 4.69) is 15.0 Å². The number of nitrogens with zero attached hydrogens (tertiary/aromatic N) is 2. The van der Waals surface area contributed by atoms with E-state index in [0.717, 1.165) is 11.3 Å². The zero-order chi connectivity index (χ0) is 19.5. The molecule has 4 aromatic rings. The SMILES string of the molecule is NC(=O)c1cc(-c2ccnc(N)n2)[nH]c1-c1ccc(Oc2ccccc2)cc1. The number of carbonyl (C=O) groups is 1. The van der Waals surface area contributed by atoms with Crippen molar-refractivity contribution in [1.29, 1.82) is 0 Å². The van der Waals surface area contributed by atoms with Gasteiger partial charge in [-0.3, -0.25) is 4.79 Å². The summed E-state index contributed by atoms with van der Waals surface area (Å²) in [6.45, 7) is 0. The summed E-state index contributed by atoms with van der Waals surface area (Å²) < 4.78 is 5.80. The molecule has 0 bridgehead atoms. The molecular formula is C21H17N5O2. The summed E-state index contributed by atoms with van der Waals surface area (Å²) in [5.74, 6) is 1.04. The molecule has 0 radical (unpaired) electrons. The third kappa shape index (κ3) is 3.54. The van der Waals surface area contributed by atoms with E-state index >= 15 is 0 Å². The van der Waals surface area contributed by atoms with Crippen molar-refractivity contribution >= 4 is 11.9 Å². The minimum atomic E-state index is -0.538. The number of para-hydroxylation sites is 1. The molecule has 0 saturated carbocycles. The highest BCUT2D eigenvalue weighted by molar-refractivity contribution is 6.00. The van der Waals surface area contributed by atoms with Crippen molar-refractivity contribution in [2.75, 3.05) is 5.73 Å². The molecule has 0 saturated heterocycles. The van der Waals surface area contributed by atoms with E-state index in [9.17, 15) is 4.79 Å². The number of H-pyrrole nitrogens is 1. The van der Waals surface area contributed by atoms with E-state index in [0.29, 0.717) is 28.4 Å². The first-order valence-electron chi connectivity index (χ1n) is 8.55. The Labute approximate surface area is 161 Å². The van der Waals surface area contributed by atoms with Gasteiger partial charge in [0.05, 0.1) is 22.6 Å². The highest BCUT2D eigenvalue weighted by atomic mass is 16.5. The van der Waals surface area contributed by atoms with Crippen LogP contribution >= 0.6 is 0 Å². The number of carbonyl (C=O) groups excluding carboxylic acids is 1. The number of rotatable bonds is 5. The van der Waals surface area contributed by atoms with E-state index in [1.165, 1.54) is 0 Å². The van der Waals surface area contributed by atoms with Crippen LogP contribution < -0.4 is 16.2 Å². The Morgan fingerprint density at radius 1 is 0.964 bits per heavy atom. The lowest BCUT2D eigenvalue weighted by atomic mass is 10.1. The van der Waals surface area contributed by atoms with Crippen LogP contribution in [0.5, 0.6) is 11.5 Å². The maximum absolute atomic E-state index is 11.9. The number of aromatic amines is 1. The Kier molecular flexibility index (Phi) is 4.47. The van der Waals surface area contributed by atoms with E-state index in [-0.39, 0.29) is 5.95 Å². The van der Waals surface area contributed by atoms with Gasteiger partial charge in [-0.25, -0.2) is 9.97 Å². The number of ether oxygens (including phenoxy) is 1. The lowest BCUT2D eigenvalue weighted by Gasteiger charge is -2.07. The van der Waals surface area contributed by atoms with Crippen molar-refractivity contribution in [2.24, 2.45) is 5.73 Å². The van der Waals surface area contributed by atoms with Crippen molar-refractivity contribution < 1.29 is 9.53 Å². The Bertz CT molecular complexity index is 1120. The van der Waals surface area contributed by atoms with Crippen LogP contribution in [0, 0.1) is 0 Å². The Morgan fingerprint density at radius 3 is 2.36 bits per heavy atom. The van der Waals surface area contributed by atoms with E-state index in [1.54, 1.807) is 18.3 Å². The number of nitrogens with two attached hydrogens (primary N) is 2. The quantitative estimate of drug-likeness (QED) is 0.495. The second-order valence-electron chi connectivity index (χ2n) is 6.08. The Hall–Kier alpha value is -4.13. The monoisotopic (exact) mass is 371 g/mol. The van der Waals surface area contributed by atoms with Crippen molar-refractivity contribution in [3.63, 3.8) is 0 Å². The van der Waals surface area contributed by atoms with Crippen LogP contribution in [-0.2, 0) is 0 Å². The van der Waals surface area contributed by atoms with Crippen molar-refractivity contribution in [3.8, 4) is 34.1 Å². The molecule has 0 aliphatic carbocycles. The first-order valence-corrected chi connectivity index (χ1v) is 8.55. The molecule has 2 aromatic heterocycles. The topological polar surface area (TPSA) is 120 Å². The number of hydrogen-bond donors (Lipinski definition) is 3. The van der Waals surface area contributed by atoms with Gasteiger partial charge in [-0.15, -0.1) is 0 Å². The molecular weight excluding hydrogens is 354 g/mol. The van der Waals surface area contributed by atoms with Gasteiger partial charge in [0, 0.05) is 6.20 Å². The van der Waals surface area contributed by atoms with Crippen LogP contribution in [0.1, 0.15) is 10.4 Å². The predicted octanol–water partition coefficient (Wildman–Crippen LogP) is 3.61. The summed E-state index contributed by atoms with van der Waals surface area (Å²) in [4.78, 5) is 23.2. The molecule has 0 atom stereocenters. The number of hydrogen-bond acceptors (Lipinski definition) is 5. The Morgan fingerprint density at radius 2 is 1.68 bits per heavy atom. The highest BCUT2D eigenvalue weighted by Gasteiger charge is 2.16. The highest BCUT2D eigenvalue weighted by Crippen LogP contribution is 2.30. The molecule has 1 amide bonds. The average Bonchev–Trinajstić information content (AvgIpc) is 3.15. The molecule has 7 nitrogen and oxygen atoms in total. The van der Waals surface area contributed by atoms with Crippen LogP contribution in [0.4, 0.5) is 5.95 Å². The molecule has 0 spiro atoms. The lowest BCUT2D eigenvalue weighted by molar-refractivity contribution is 0.100. The molecule has 4 rings (SSSR count). The number of anilines is 1. The van der Waals surface area contributed by atoms with E-state index in [4.69, 9.17) is 16.2 Å². The van der Waals surface area contributed by atoms with E-state index in [1.807, 2.05) is 54.6 Å². The maximum atomic E-state index is 11.9. The predicted molar refractivity (Wildman–Crippen MR) is 107 cm³/mol. The second kappa shape index (κ2) is 7.24. The zero-order valence-corrected chi connectivity index (χ0v) is 14.8. The fourth-order valence-electron chi connectivity index (χ4n) is 2.85. The summed E-state index contributed by atoms with van der Waals surface area (Å²) in [6, 6.07) is 20.2. The van der Waals surface area contributed by atoms with Gasteiger partial charge in [0.2, 0.25) is 5.95 Å². The van der Waals surface area contributed by atoms with Gasteiger partial charge < -0.3 is 21.2 Å². The van der Waals surface area contributed by atoms with Crippen molar-refractivity contribution in [1.82, 2.24) is 15.0 Å². The standard InChI is InChI=1S/C21H17N5O2/c22-20(27)16-12-18(17-10-11-24-21(23)26-17)25-19(16)13-6-8-15(9-7-13)28-14-4-2-1-3-5-14/h1-12,25H,(H2,22,27)(H2,23,24,26). The van der Waals surface area contributed by atoms with Crippen LogP contribution in [-0.4, -0.2) is 20.9 Å². The smallest absolute Gasteiger partial charge is 0.250 e. The molecule has 28 heavy (non-hydrogen) atoms. The third-order valence-corrected chi connectivity index (χ3v) is 4.16. The van der Waals surface area contributed by atoms with Crippen molar-refractivity contribution in [3.05, 3.63) is 78.5 Å². The number of primary amides is 1. The van der Waals surface area contributed by atoms with Gasteiger partial charge in [0.15, 0.2) is 0 Å². The van der Waals surface area contributed by atoms with Crippen LogP contribution in [0.15, 0.2) is 72.9 Å². The lowest BCUT2D eigenvalue weighted by Crippen LogP contribution is -2.11. The van der Waals surface area contributed by atoms with Gasteiger partial charge in [-0.1, -0.05) is 18.2 Å². The number of aromatic nitrogens is 3. The third-order valence-electron chi connectivity index (χ3n) is 4.16. The fourth-order valence-corrected chi connectivity index (χ4v) is 2.85. The molecule has 0 unspecified atom stereocenters. The number of benzene rings is 2. The Balaban J connectivity index is 1.67. The van der Waals surface area contributed by atoms with Gasteiger partial charge >= 0.3 is 0 Å². The minimum Gasteiger partial charge on any atom is -0.457 e. The molecule has 0 aliphatic heterocycles. The second-order valence-corrected chi connectivity index (χ2v) is 6.08. The largest absolute Gasteiger partial charge is 0.457 e. The molecule has 0 aliphatic rings. The van der Waals surface area contributed by atoms with Crippen LogP contribution in [0.3, 0.4) is 0 Å². The number of amides is 1. The van der Waals surface area contributed by atoms with Gasteiger partial charge in [-0.05, 0) is 54.1 Å². The molecule has 2 aromatic carbocycles. The van der Waals surface area contributed by atoms with Crippen molar-refractivity contribution in [2.45, 2.75) is 0 Å². The molecule has 2 heterocycles. The van der Waals surface area contributed by atoms with Crippen LogP contribution in [0.2, 0.25) is 0 Å². The van der Waals surface area contributed by atoms with Gasteiger partial charge in [0.1, 0.15) is 11.5 Å². The van der Waals surface area contributed by atoms with Gasteiger partial charge in [-0.2, -0.15) is 0 Å². The van der Waals surface area contributed by atoms with Crippen LogP contribution in [0.25, 0.3) is 22.6 Å². The summed E-state index contributed by atoms with van der Waals surface area (Å²) in [6.07, 6.45) is 1.55. The molecule has 7 heteroatoms. The van der Waals surface area contributed by atoms with E-state index < -0.39 is 5.91 Å². The average molecular weight is 371 g/mol. The summed E-state index contributed by atoms with van der Waals surface area (Å²) >= 11 is 0. The minimum absolute atomic E-state index is 0.150. The summed E-state index contributed by atoms with van der Waals surface area (Å²) in [5, 5.41) is 0. The zero-order valence-electron chi connectivity index (χ0n) is 14.8. The molecule has 138 valence electrons. The summed E-state index contributed by atoms with van der Waals surface area (Å²) in [5.41, 5.74) is 14.2. The number of nitrogens with one attached hydrogen (secondary N) is 1. The van der Waals surface area contributed by atoms with Gasteiger partial charge in [0.25, 0.3) is 5.91 Å². The molecule has 5 N–H and O–H groups in total. The fraction of sp³-hybridized carbons (Fsp3) is 0. The number of nitrogen functional groups attached to an aromatic ring is 1. The first kappa shape index (κ1) is 17.3. The maximum Gasteiger partial charge on any atom is 0.250 e. The molecule has 0 fully saturated rings. The normalized spacial score (nSPS) is 10.6. The summed E-state index contributed by atoms with van der Waals surface area (Å²) in [7, 11) is 0.